The summed E-state index contributed by atoms with van der Waals surface area (Å²) >= 11 is 0. The zero-order valence-corrected chi connectivity index (χ0v) is 12.8. The highest BCUT2D eigenvalue weighted by Gasteiger charge is 2.13. The molecule has 0 atom stereocenters. The van der Waals surface area contributed by atoms with Crippen LogP contribution in [0.1, 0.15) is 12.8 Å². The summed E-state index contributed by atoms with van der Waals surface area (Å²) in [7, 11) is 7.32. The molecule has 0 bridgehead atoms. The maximum Gasteiger partial charge on any atom is 0.309 e. The number of amides is 2. The van der Waals surface area contributed by atoms with E-state index in [4.69, 9.17) is 0 Å². The summed E-state index contributed by atoms with van der Waals surface area (Å²) in [5.74, 6) is -1.19. The Balaban J connectivity index is 3.79. The summed E-state index contributed by atoms with van der Waals surface area (Å²) in [4.78, 5) is 23.0. The van der Waals surface area contributed by atoms with Gasteiger partial charge in [-0.25, -0.2) is 0 Å². The first-order chi connectivity index (χ1) is 9.58. The average molecular weight is 288 g/mol. The highest BCUT2D eigenvalue weighted by Crippen LogP contribution is 1.85. The summed E-state index contributed by atoms with van der Waals surface area (Å²) in [5, 5.41) is 17.3. The Morgan fingerprint density at radius 3 is 1.25 bits per heavy atom. The molecule has 8 heteroatoms. The maximum atomic E-state index is 11.5. The molecule has 0 unspecified atom stereocenters. The number of nitrogens with one attached hydrogen (secondary N) is 6. The minimum Gasteiger partial charge on any atom is -0.348 e. The fourth-order valence-electron chi connectivity index (χ4n) is 1.69. The van der Waals surface area contributed by atoms with Crippen LogP contribution in [0.25, 0.3) is 0 Å². The predicted octanol–water partition coefficient (Wildman–Crippen LogP) is -2.47. The Kier molecular flexibility index (Phi) is 10.9. The van der Waals surface area contributed by atoms with E-state index >= 15 is 0 Å². The lowest BCUT2D eigenvalue weighted by molar-refractivity contribution is -0.139. The molecule has 0 heterocycles. The summed E-state index contributed by atoms with van der Waals surface area (Å²) in [6.07, 6.45) is 1.64. The van der Waals surface area contributed by atoms with Crippen molar-refractivity contribution in [1.29, 1.82) is 0 Å². The molecule has 0 aromatic heterocycles. The van der Waals surface area contributed by atoms with Crippen molar-refractivity contribution < 1.29 is 9.59 Å². The van der Waals surface area contributed by atoms with Gasteiger partial charge in [0.15, 0.2) is 0 Å². The fraction of sp³-hybridized carbons (Fsp3) is 0.833. The first-order valence-electron chi connectivity index (χ1n) is 6.84. The molecule has 0 rings (SSSR count). The van der Waals surface area contributed by atoms with Crippen LogP contribution in [0.5, 0.6) is 0 Å². The molecular formula is C12H28N6O2. The standard InChI is InChI=1S/C12H28N6O2/c1-13-9(14-2)5-7-17-11(19)12(20)18-8-6-10(15-3)16-4/h9-10,13-16H,5-8H2,1-4H3,(H,17,19)(H,18,20). The van der Waals surface area contributed by atoms with Gasteiger partial charge >= 0.3 is 11.8 Å². The van der Waals surface area contributed by atoms with Crippen LogP contribution in [-0.2, 0) is 9.59 Å². The van der Waals surface area contributed by atoms with Crippen LogP contribution in [0.3, 0.4) is 0 Å². The number of carbonyl (C=O) groups excluding carboxylic acids is 2. The normalized spacial score (nSPS) is 10.9. The molecule has 0 spiro atoms. The van der Waals surface area contributed by atoms with E-state index in [9.17, 15) is 9.59 Å². The zero-order chi connectivity index (χ0) is 15.4. The van der Waals surface area contributed by atoms with E-state index in [-0.39, 0.29) is 12.3 Å². The highest BCUT2D eigenvalue weighted by atomic mass is 16.2. The van der Waals surface area contributed by atoms with Gasteiger partial charge in [-0.15, -0.1) is 0 Å². The Bertz CT molecular complexity index is 251. The van der Waals surface area contributed by atoms with Crippen LogP contribution in [0, 0.1) is 0 Å². The molecule has 0 aromatic rings. The molecule has 6 N–H and O–H groups in total. The van der Waals surface area contributed by atoms with Gasteiger partial charge in [0.2, 0.25) is 0 Å². The maximum absolute atomic E-state index is 11.5. The average Bonchev–Trinajstić information content (AvgIpc) is 2.47. The Morgan fingerprint density at radius 2 is 1.00 bits per heavy atom. The van der Waals surface area contributed by atoms with Crippen LogP contribution >= 0.6 is 0 Å². The second-order valence-corrected chi connectivity index (χ2v) is 4.35. The van der Waals surface area contributed by atoms with Crippen molar-refractivity contribution in [3.05, 3.63) is 0 Å². The first kappa shape index (κ1) is 18.8. The molecule has 0 saturated heterocycles. The zero-order valence-electron chi connectivity index (χ0n) is 12.8. The second-order valence-electron chi connectivity index (χ2n) is 4.35. The van der Waals surface area contributed by atoms with Crippen molar-refractivity contribution in [1.82, 2.24) is 31.9 Å². The summed E-state index contributed by atoms with van der Waals surface area (Å²) in [6.45, 7) is 0.877. The monoisotopic (exact) mass is 288 g/mol. The van der Waals surface area contributed by atoms with Crippen molar-refractivity contribution in [2.45, 2.75) is 25.2 Å². The van der Waals surface area contributed by atoms with Crippen LogP contribution in [0.15, 0.2) is 0 Å². The largest absolute Gasteiger partial charge is 0.348 e. The van der Waals surface area contributed by atoms with Gasteiger partial charge < -0.3 is 31.9 Å². The molecule has 0 aliphatic heterocycles. The first-order valence-corrected chi connectivity index (χ1v) is 6.84. The van der Waals surface area contributed by atoms with Gasteiger partial charge in [0.25, 0.3) is 0 Å². The van der Waals surface area contributed by atoms with E-state index in [1.165, 1.54) is 0 Å². The molecular weight excluding hydrogens is 260 g/mol. The van der Waals surface area contributed by atoms with Gasteiger partial charge in [-0.05, 0) is 41.0 Å². The quantitative estimate of drug-likeness (QED) is 0.197. The molecule has 0 aliphatic carbocycles. The number of rotatable bonds is 10. The van der Waals surface area contributed by atoms with E-state index in [1.54, 1.807) is 0 Å². The Morgan fingerprint density at radius 1 is 0.700 bits per heavy atom. The van der Waals surface area contributed by atoms with E-state index in [2.05, 4.69) is 31.9 Å². The third kappa shape index (κ3) is 8.05. The number of carbonyl (C=O) groups is 2. The Hall–Kier alpha value is -1.22. The summed E-state index contributed by atoms with van der Waals surface area (Å²) < 4.78 is 0. The van der Waals surface area contributed by atoms with Crippen molar-refractivity contribution in [3.8, 4) is 0 Å². The van der Waals surface area contributed by atoms with Gasteiger partial charge in [-0.2, -0.15) is 0 Å². The summed E-state index contributed by atoms with van der Waals surface area (Å²) in [6, 6.07) is 0. The van der Waals surface area contributed by atoms with Gasteiger partial charge in [0.1, 0.15) is 0 Å². The lowest BCUT2D eigenvalue weighted by Gasteiger charge is -2.16. The van der Waals surface area contributed by atoms with Gasteiger partial charge in [0.05, 0.1) is 12.3 Å². The SMILES string of the molecule is CNC(CCNC(=O)C(=O)NCCC(NC)NC)NC. The van der Waals surface area contributed by atoms with Crippen molar-refractivity contribution in [2.75, 3.05) is 41.3 Å². The minimum atomic E-state index is -0.596. The third-order valence-electron chi connectivity index (χ3n) is 3.04. The topological polar surface area (TPSA) is 106 Å². The molecule has 0 radical (unpaired) electrons. The van der Waals surface area contributed by atoms with Gasteiger partial charge in [0, 0.05) is 13.1 Å². The second kappa shape index (κ2) is 11.6. The number of hydrogen-bond acceptors (Lipinski definition) is 6. The highest BCUT2D eigenvalue weighted by molar-refractivity contribution is 6.35. The molecule has 0 aromatic carbocycles. The lowest BCUT2D eigenvalue weighted by atomic mass is 10.3. The fourth-order valence-corrected chi connectivity index (χ4v) is 1.69. The molecule has 118 valence electrons. The third-order valence-corrected chi connectivity index (χ3v) is 3.04. The van der Waals surface area contributed by atoms with E-state index in [0.717, 1.165) is 0 Å². The van der Waals surface area contributed by atoms with E-state index in [1.807, 2.05) is 28.2 Å². The van der Waals surface area contributed by atoms with Crippen molar-refractivity contribution >= 4 is 11.8 Å². The molecule has 20 heavy (non-hydrogen) atoms. The van der Waals surface area contributed by atoms with Gasteiger partial charge in [-0.3, -0.25) is 9.59 Å². The summed E-state index contributed by atoms with van der Waals surface area (Å²) in [5.41, 5.74) is 0. The van der Waals surface area contributed by atoms with Crippen LogP contribution in [0.2, 0.25) is 0 Å². The van der Waals surface area contributed by atoms with Crippen LogP contribution in [-0.4, -0.2) is 65.4 Å². The molecule has 8 nitrogen and oxygen atoms in total. The predicted molar refractivity (Wildman–Crippen MR) is 79.1 cm³/mol. The van der Waals surface area contributed by atoms with E-state index in [0.29, 0.717) is 25.9 Å². The van der Waals surface area contributed by atoms with Crippen LogP contribution in [0.4, 0.5) is 0 Å². The van der Waals surface area contributed by atoms with Gasteiger partial charge in [-0.1, -0.05) is 0 Å². The number of hydrogen-bond donors (Lipinski definition) is 6. The minimum absolute atomic E-state index is 0.116. The molecule has 0 aliphatic rings. The molecule has 2 amide bonds. The van der Waals surface area contributed by atoms with Crippen molar-refractivity contribution in [3.63, 3.8) is 0 Å². The van der Waals surface area contributed by atoms with Crippen LogP contribution < -0.4 is 31.9 Å². The molecule has 0 saturated carbocycles. The smallest absolute Gasteiger partial charge is 0.309 e. The van der Waals surface area contributed by atoms with Crippen molar-refractivity contribution in [2.24, 2.45) is 0 Å². The Labute approximate surface area is 120 Å². The molecule has 0 fully saturated rings. The van der Waals surface area contributed by atoms with E-state index < -0.39 is 11.8 Å². The lowest BCUT2D eigenvalue weighted by Crippen LogP contribution is -2.45.